The normalized spacial score (nSPS) is 16.7. The lowest BCUT2D eigenvalue weighted by Crippen LogP contribution is -2.17. The molecule has 2 aromatic carbocycles. The first-order valence-corrected chi connectivity index (χ1v) is 9.65. The maximum atomic E-state index is 13.0. The summed E-state index contributed by atoms with van der Waals surface area (Å²) in [5, 5.41) is 1.10. The lowest BCUT2D eigenvalue weighted by Gasteiger charge is -2.16. The molecule has 28 heavy (non-hydrogen) atoms. The van der Waals surface area contributed by atoms with E-state index in [1.165, 1.54) is 0 Å². The van der Waals surface area contributed by atoms with Gasteiger partial charge >= 0.3 is 0 Å². The van der Waals surface area contributed by atoms with Gasteiger partial charge in [-0.3, -0.25) is 14.6 Å². The van der Waals surface area contributed by atoms with Crippen LogP contribution in [0.2, 0.25) is 0 Å². The molecule has 3 heteroatoms. The molecular weight excluding hydrogens is 346 g/mol. The van der Waals surface area contributed by atoms with E-state index in [-0.39, 0.29) is 11.6 Å². The molecule has 1 aliphatic rings. The topological polar surface area (TPSA) is 47.0 Å². The molecule has 1 aromatic heterocycles. The molecule has 1 aliphatic carbocycles. The van der Waals surface area contributed by atoms with Gasteiger partial charge in [-0.1, -0.05) is 42.0 Å². The van der Waals surface area contributed by atoms with Crippen LogP contribution < -0.4 is 0 Å². The monoisotopic (exact) mass is 369 g/mol. The highest BCUT2D eigenvalue weighted by Gasteiger charge is 2.37. The summed E-state index contributed by atoms with van der Waals surface area (Å²) in [7, 11) is 0. The van der Waals surface area contributed by atoms with E-state index in [0.717, 1.165) is 38.9 Å². The number of allylic oxidation sites excluding steroid dienone is 2. The van der Waals surface area contributed by atoms with E-state index in [4.69, 9.17) is 0 Å². The molecule has 0 fully saturated rings. The Morgan fingerprint density at radius 2 is 1.61 bits per heavy atom. The van der Waals surface area contributed by atoms with Crippen LogP contribution in [0.1, 0.15) is 40.3 Å². The van der Waals surface area contributed by atoms with Gasteiger partial charge in [0.2, 0.25) is 0 Å². The second kappa shape index (κ2) is 7.16. The largest absolute Gasteiger partial charge is 0.294 e. The van der Waals surface area contributed by atoms with Crippen LogP contribution in [0.25, 0.3) is 10.9 Å². The number of hydrogen-bond donors (Lipinski definition) is 0. The van der Waals surface area contributed by atoms with Gasteiger partial charge in [0.15, 0.2) is 11.6 Å². The van der Waals surface area contributed by atoms with Crippen LogP contribution >= 0.6 is 0 Å². The van der Waals surface area contributed by atoms with Gasteiger partial charge in [-0.25, -0.2) is 0 Å². The predicted octanol–water partition coefficient (Wildman–Crippen LogP) is 4.95. The van der Waals surface area contributed by atoms with Crippen molar-refractivity contribution in [2.75, 3.05) is 0 Å². The second-order valence-corrected chi connectivity index (χ2v) is 7.68. The summed E-state index contributed by atoms with van der Waals surface area (Å²) >= 11 is 0. The van der Waals surface area contributed by atoms with Crippen molar-refractivity contribution < 1.29 is 9.59 Å². The number of aryl methyl sites for hydroxylation is 4. The molecule has 1 unspecified atom stereocenters. The summed E-state index contributed by atoms with van der Waals surface area (Å²) in [6.45, 7) is 5.99. The maximum Gasteiger partial charge on any atom is 0.174 e. The Morgan fingerprint density at radius 1 is 0.893 bits per heavy atom. The molecule has 0 N–H and O–H groups in total. The number of carbonyl (C=O) groups excluding carboxylic acids is 2. The van der Waals surface area contributed by atoms with Crippen molar-refractivity contribution in [2.45, 2.75) is 39.5 Å². The molecule has 0 amide bonds. The molecule has 0 saturated carbocycles. The zero-order chi connectivity index (χ0) is 19.8. The van der Waals surface area contributed by atoms with E-state index in [1.807, 2.05) is 63.2 Å². The van der Waals surface area contributed by atoms with Crippen molar-refractivity contribution in [3.05, 3.63) is 88.1 Å². The highest BCUT2D eigenvalue weighted by atomic mass is 16.2. The summed E-state index contributed by atoms with van der Waals surface area (Å²) < 4.78 is 0. The van der Waals surface area contributed by atoms with E-state index >= 15 is 0 Å². The fraction of sp³-hybridized carbons (Fsp3) is 0.240. The Balaban J connectivity index is 1.54. The third-order valence-corrected chi connectivity index (χ3v) is 5.51. The van der Waals surface area contributed by atoms with Crippen molar-refractivity contribution in [1.29, 1.82) is 0 Å². The second-order valence-electron chi connectivity index (χ2n) is 7.68. The van der Waals surface area contributed by atoms with E-state index < -0.39 is 5.92 Å². The Morgan fingerprint density at radius 3 is 2.36 bits per heavy atom. The molecule has 0 aliphatic heterocycles. The molecule has 0 radical (unpaired) electrons. The van der Waals surface area contributed by atoms with Crippen LogP contribution in [0.4, 0.5) is 0 Å². The fourth-order valence-corrected chi connectivity index (χ4v) is 4.27. The summed E-state index contributed by atoms with van der Waals surface area (Å²) in [6, 6.07) is 16.1. The first-order valence-electron chi connectivity index (χ1n) is 9.65. The third kappa shape index (κ3) is 3.29. The van der Waals surface area contributed by atoms with Crippen LogP contribution in [-0.4, -0.2) is 16.6 Å². The number of pyridine rings is 1. The zero-order valence-electron chi connectivity index (χ0n) is 16.5. The highest BCUT2D eigenvalue weighted by Crippen LogP contribution is 2.34. The number of hydrogen-bond acceptors (Lipinski definition) is 3. The molecule has 0 saturated heterocycles. The van der Waals surface area contributed by atoms with Gasteiger partial charge in [-0.05, 0) is 68.5 Å². The average Bonchev–Trinajstić information content (AvgIpc) is 2.93. The van der Waals surface area contributed by atoms with E-state index in [0.29, 0.717) is 18.4 Å². The average molecular weight is 369 g/mol. The fourth-order valence-electron chi connectivity index (χ4n) is 4.27. The molecule has 1 atom stereocenters. The number of carbonyl (C=O) groups is 2. The van der Waals surface area contributed by atoms with Crippen molar-refractivity contribution in [2.24, 2.45) is 0 Å². The number of ketones is 2. The first kappa shape index (κ1) is 18.3. The lowest BCUT2D eigenvalue weighted by molar-refractivity contribution is -0.122. The van der Waals surface area contributed by atoms with Gasteiger partial charge in [0.05, 0.1) is 5.52 Å². The standard InChI is InChI=1S/C25H23NO2/c1-15-12-16(2)23(17(3)13-15)24-22(27)14-19(25(24)28)9-11-20-10-8-18-6-4-5-7-21(18)26-20/h4-8,10,12-14,24H,9,11H2,1-3H3. The van der Waals surface area contributed by atoms with E-state index in [1.54, 1.807) is 6.08 Å². The Bertz CT molecular complexity index is 1120. The third-order valence-electron chi connectivity index (χ3n) is 5.51. The highest BCUT2D eigenvalue weighted by molar-refractivity contribution is 6.25. The summed E-state index contributed by atoms with van der Waals surface area (Å²) in [4.78, 5) is 30.4. The van der Waals surface area contributed by atoms with Crippen molar-refractivity contribution in [3.8, 4) is 0 Å². The quantitative estimate of drug-likeness (QED) is 0.611. The number of para-hydroxylation sites is 1. The Labute approximate surface area is 165 Å². The maximum absolute atomic E-state index is 13.0. The minimum atomic E-state index is -0.680. The molecular formula is C25H23NO2. The summed E-state index contributed by atoms with van der Waals surface area (Å²) in [5.74, 6) is -0.831. The van der Waals surface area contributed by atoms with Gasteiger partial charge in [-0.15, -0.1) is 0 Å². The number of benzene rings is 2. The minimum Gasteiger partial charge on any atom is -0.294 e. The van der Waals surface area contributed by atoms with Gasteiger partial charge < -0.3 is 0 Å². The number of nitrogens with zero attached hydrogens (tertiary/aromatic N) is 1. The SMILES string of the molecule is Cc1cc(C)c(C2C(=O)C=C(CCc3ccc4ccccc4n3)C2=O)c(C)c1. The number of rotatable bonds is 4. The predicted molar refractivity (Wildman–Crippen MR) is 112 cm³/mol. The lowest BCUT2D eigenvalue weighted by atomic mass is 9.85. The van der Waals surface area contributed by atoms with Gasteiger partial charge in [0.25, 0.3) is 0 Å². The molecule has 4 rings (SSSR count). The molecule has 3 nitrogen and oxygen atoms in total. The van der Waals surface area contributed by atoms with Crippen LogP contribution in [-0.2, 0) is 16.0 Å². The Kier molecular flexibility index (Phi) is 4.68. The van der Waals surface area contributed by atoms with Crippen LogP contribution in [0.3, 0.4) is 0 Å². The molecule has 140 valence electrons. The van der Waals surface area contributed by atoms with Crippen LogP contribution in [0.5, 0.6) is 0 Å². The van der Waals surface area contributed by atoms with Gasteiger partial charge in [0.1, 0.15) is 5.92 Å². The Hall–Kier alpha value is -3.07. The van der Waals surface area contributed by atoms with E-state index in [2.05, 4.69) is 11.1 Å². The van der Waals surface area contributed by atoms with Crippen molar-refractivity contribution in [1.82, 2.24) is 4.98 Å². The molecule has 1 heterocycles. The first-order chi connectivity index (χ1) is 13.4. The van der Waals surface area contributed by atoms with Crippen LogP contribution in [0.15, 0.2) is 60.2 Å². The molecule has 3 aromatic rings. The number of Topliss-reactive ketones (excluding diaryl/α,β-unsaturated/α-hetero) is 1. The molecule has 0 bridgehead atoms. The molecule has 0 spiro atoms. The van der Waals surface area contributed by atoms with Gasteiger partial charge in [-0.2, -0.15) is 0 Å². The minimum absolute atomic E-state index is 0.0548. The number of fused-ring (bicyclic) bond motifs is 1. The van der Waals surface area contributed by atoms with Crippen molar-refractivity contribution in [3.63, 3.8) is 0 Å². The van der Waals surface area contributed by atoms with Gasteiger partial charge in [0, 0.05) is 16.7 Å². The smallest absolute Gasteiger partial charge is 0.174 e. The van der Waals surface area contributed by atoms with E-state index in [9.17, 15) is 9.59 Å². The summed E-state index contributed by atoms with van der Waals surface area (Å²) in [6.07, 6.45) is 2.73. The van der Waals surface area contributed by atoms with Crippen LogP contribution in [0, 0.1) is 20.8 Å². The van der Waals surface area contributed by atoms with Crippen molar-refractivity contribution >= 4 is 22.5 Å². The number of aromatic nitrogens is 1. The summed E-state index contributed by atoms with van der Waals surface area (Å²) in [5.41, 5.74) is 6.54. The zero-order valence-corrected chi connectivity index (χ0v) is 16.5.